The van der Waals surface area contributed by atoms with Crippen LogP contribution in [0.25, 0.3) is 0 Å². The van der Waals surface area contributed by atoms with Crippen LogP contribution in [0.5, 0.6) is 0 Å². The quantitative estimate of drug-likeness (QED) is 0.543. The number of hydrogen-bond donors (Lipinski definition) is 4. The van der Waals surface area contributed by atoms with E-state index in [4.69, 9.17) is 4.74 Å². The molecule has 2 aromatic heterocycles. The first-order chi connectivity index (χ1) is 14.9. The van der Waals surface area contributed by atoms with Crippen molar-refractivity contribution in [2.24, 2.45) is 13.0 Å². The van der Waals surface area contributed by atoms with E-state index >= 15 is 0 Å². The maximum atomic E-state index is 12.6. The van der Waals surface area contributed by atoms with Crippen molar-refractivity contribution in [1.82, 2.24) is 20.4 Å². The van der Waals surface area contributed by atoms with Crippen LogP contribution in [0.15, 0.2) is 52.4 Å². The third kappa shape index (κ3) is 4.02. The molecule has 1 fully saturated rings. The Morgan fingerprint density at radius 3 is 2.81 bits per heavy atom. The van der Waals surface area contributed by atoms with Gasteiger partial charge in [0.1, 0.15) is 0 Å². The maximum absolute atomic E-state index is 12.6. The lowest BCUT2D eigenvalue weighted by Crippen LogP contribution is -2.57. The van der Waals surface area contributed by atoms with Gasteiger partial charge in [0, 0.05) is 36.7 Å². The van der Waals surface area contributed by atoms with Gasteiger partial charge in [-0.2, -0.15) is 16.4 Å². The predicted molar refractivity (Wildman–Crippen MR) is 114 cm³/mol. The first kappa shape index (κ1) is 21.0. The average molecular weight is 445 g/mol. The molecule has 4 rings (SSSR count). The van der Waals surface area contributed by atoms with Gasteiger partial charge in [-0.1, -0.05) is 0 Å². The van der Waals surface area contributed by atoms with Crippen LogP contribution in [0.4, 0.5) is 4.79 Å². The van der Waals surface area contributed by atoms with Gasteiger partial charge in [0.15, 0.2) is 11.5 Å². The van der Waals surface area contributed by atoms with Gasteiger partial charge >= 0.3 is 12.0 Å². The van der Waals surface area contributed by atoms with Gasteiger partial charge < -0.3 is 25.6 Å². The summed E-state index contributed by atoms with van der Waals surface area (Å²) in [4.78, 5) is 24.4. The molecule has 4 N–H and O–H groups in total. The average Bonchev–Trinajstić information content (AvgIpc) is 3.40. The van der Waals surface area contributed by atoms with Gasteiger partial charge in [-0.3, -0.25) is 4.68 Å². The number of rotatable bonds is 6. The summed E-state index contributed by atoms with van der Waals surface area (Å²) in [5, 5.41) is 34.3. The fourth-order valence-electron chi connectivity index (χ4n) is 4.35. The van der Waals surface area contributed by atoms with E-state index < -0.39 is 17.9 Å². The molecule has 10 heteroatoms. The Balaban J connectivity index is 1.77. The summed E-state index contributed by atoms with van der Waals surface area (Å²) >= 11 is 1.55. The van der Waals surface area contributed by atoms with E-state index in [9.17, 15) is 19.8 Å². The second kappa shape index (κ2) is 8.46. The number of carboxylic acid groups (broad SMARTS) is 1. The summed E-state index contributed by atoms with van der Waals surface area (Å²) in [7, 11) is 1.81. The second-order valence-electron chi connectivity index (χ2n) is 7.62. The minimum atomic E-state index is -1.20. The van der Waals surface area contributed by atoms with Gasteiger partial charge in [-0.15, -0.1) is 0 Å². The summed E-state index contributed by atoms with van der Waals surface area (Å²) in [6.07, 6.45) is 5.39. The van der Waals surface area contributed by atoms with Gasteiger partial charge in [0.2, 0.25) is 0 Å². The van der Waals surface area contributed by atoms with Crippen molar-refractivity contribution in [3.8, 4) is 0 Å². The molecule has 0 saturated carbocycles. The molecule has 1 aliphatic carbocycles. The maximum Gasteiger partial charge on any atom is 0.335 e. The molecule has 0 spiro atoms. The Labute approximate surface area is 183 Å². The van der Waals surface area contributed by atoms with Crippen LogP contribution in [0.1, 0.15) is 36.4 Å². The zero-order valence-corrected chi connectivity index (χ0v) is 17.9. The van der Waals surface area contributed by atoms with Crippen LogP contribution in [0.3, 0.4) is 0 Å². The van der Waals surface area contributed by atoms with Gasteiger partial charge in [-0.25, -0.2) is 9.59 Å². The number of nitrogens with zero attached hydrogens (tertiary/aromatic N) is 2. The molecule has 1 aliphatic heterocycles. The van der Waals surface area contributed by atoms with Crippen LogP contribution in [-0.2, 0) is 16.6 Å². The second-order valence-corrected chi connectivity index (χ2v) is 8.40. The molecule has 2 amide bonds. The van der Waals surface area contributed by atoms with Crippen molar-refractivity contribution < 1.29 is 24.5 Å². The van der Waals surface area contributed by atoms with Crippen molar-refractivity contribution in [3.63, 3.8) is 0 Å². The molecule has 2 aromatic rings. The Kier molecular flexibility index (Phi) is 5.73. The Morgan fingerprint density at radius 1 is 1.39 bits per heavy atom. The summed E-state index contributed by atoms with van der Waals surface area (Å²) in [6.45, 7) is 2.04. The van der Waals surface area contributed by atoms with E-state index in [-0.39, 0.29) is 48.1 Å². The summed E-state index contributed by atoms with van der Waals surface area (Å²) in [6, 6.07) is 0.893. The summed E-state index contributed by atoms with van der Waals surface area (Å²) < 4.78 is 7.20. The third-order valence-electron chi connectivity index (χ3n) is 5.69. The molecular formula is C21H24N4O5S. The molecule has 1 saturated heterocycles. The highest BCUT2D eigenvalue weighted by molar-refractivity contribution is 7.08. The number of urea groups is 1. The third-order valence-corrected chi connectivity index (χ3v) is 6.39. The van der Waals surface area contributed by atoms with Crippen molar-refractivity contribution >= 4 is 23.3 Å². The number of carboxylic acids is 1. The molecule has 2 aliphatic rings. The Hall–Kier alpha value is -3.27. The Bertz CT molecular complexity index is 1040. The minimum absolute atomic E-state index is 0.0725. The van der Waals surface area contributed by atoms with Crippen LogP contribution in [0, 0.1) is 5.92 Å². The fraction of sp³-hybridized carbons (Fsp3) is 0.381. The van der Waals surface area contributed by atoms with E-state index in [1.165, 1.54) is 0 Å². The number of nitrogens with one attached hydrogen (secondary N) is 2. The lowest BCUT2D eigenvalue weighted by atomic mass is 9.73. The lowest BCUT2D eigenvalue weighted by Gasteiger charge is -2.42. The number of aryl methyl sites for hydroxylation is 1. The highest BCUT2D eigenvalue weighted by Gasteiger charge is 2.44. The molecule has 9 nitrogen and oxygen atoms in total. The smallest absolute Gasteiger partial charge is 0.335 e. The number of carbonyl (C=O) groups excluding carboxylic acids is 1. The molecule has 3 heterocycles. The molecule has 0 aromatic carbocycles. The van der Waals surface area contributed by atoms with E-state index in [0.29, 0.717) is 0 Å². The number of amides is 2. The zero-order chi connectivity index (χ0) is 22.1. The molecular weight excluding hydrogens is 420 g/mol. The molecule has 0 bridgehead atoms. The van der Waals surface area contributed by atoms with E-state index in [1.807, 2.05) is 30.1 Å². The monoisotopic (exact) mass is 444 g/mol. The van der Waals surface area contributed by atoms with Crippen molar-refractivity contribution in [1.29, 1.82) is 0 Å². The standard InChI is InChI=1S/C21H24N4O5S/c1-3-30-15-7-12(6-14(19(15)26)20(27)28)17-16(11-4-5-31-10-11)18(24-21(29)23-17)13-8-22-25(2)9-13/h4-5,7-10,12,16-18,26H,3,6H2,1-2H3,(H,27,28)(H2,23,24,29). The topological polar surface area (TPSA) is 126 Å². The molecule has 164 valence electrons. The number of carbonyl (C=O) groups is 2. The summed E-state index contributed by atoms with van der Waals surface area (Å²) in [5.74, 6) is -2.01. The minimum Gasteiger partial charge on any atom is -0.504 e. The van der Waals surface area contributed by atoms with Gasteiger partial charge in [-0.05, 0) is 41.8 Å². The van der Waals surface area contributed by atoms with Crippen LogP contribution in [-0.4, -0.2) is 44.6 Å². The van der Waals surface area contributed by atoms with Crippen molar-refractivity contribution in [2.45, 2.75) is 31.3 Å². The van der Waals surface area contributed by atoms with E-state index in [0.717, 1.165) is 11.1 Å². The first-order valence-corrected chi connectivity index (χ1v) is 10.9. The molecule has 4 atom stereocenters. The Morgan fingerprint density at radius 2 is 2.19 bits per heavy atom. The number of thiophene rings is 1. The van der Waals surface area contributed by atoms with Crippen LogP contribution >= 0.6 is 11.3 Å². The normalized spacial score (nSPS) is 26.1. The van der Waals surface area contributed by atoms with Crippen molar-refractivity contribution in [3.05, 3.63) is 63.5 Å². The highest BCUT2D eigenvalue weighted by Crippen LogP contribution is 2.43. The van der Waals surface area contributed by atoms with Crippen LogP contribution in [0.2, 0.25) is 0 Å². The van der Waals surface area contributed by atoms with Gasteiger partial charge in [0.05, 0.1) is 24.4 Å². The number of aliphatic hydroxyl groups is 1. The zero-order valence-electron chi connectivity index (χ0n) is 17.1. The van der Waals surface area contributed by atoms with E-state index in [1.54, 1.807) is 35.2 Å². The number of aliphatic hydroxyl groups excluding tert-OH is 1. The fourth-order valence-corrected chi connectivity index (χ4v) is 5.06. The van der Waals surface area contributed by atoms with Gasteiger partial charge in [0.25, 0.3) is 0 Å². The molecule has 0 radical (unpaired) electrons. The lowest BCUT2D eigenvalue weighted by molar-refractivity contribution is -0.133. The largest absolute Gasteiger partial charge is 0.504 e. The number of aliphatic carboxylic acids is 1. The predicted octanol–water partition coefficient (Wildman–Crippen LogP) is 2.82. The van der Waals surface area contributed by atoms with Crippen molar-refractivity contribution in [2.75, 3.05) is 6.61 Å². The van der Waals surface area contributed by atoms with E-state index in [2.05, 4.69) is 15.7 Å². The molecule has 31 heavy (non-hydrogen) atoms. The SMILES string of the molecule is CCOC1=CC(C2NC(=O)NC(c3cnn(C)c3)C2c2ccsc2)CC(C(=O)O)=C1O. The number of hydrogen-bond acceptors (Lipinski definition) is 6. The number of ether oxygens (including phenoxy) is 1. The first-order valence-electron chi connectivity index (χ1n) is 9.97. The number of aromatic nitrogens is 2. The highest BCUT2D eigenvalue weighted by atomic mass is 32.1. The van der Waals surface area contributed by atoms with Crippen LogP contribution < -0.4 is 10.6 Å². The summed E-state index contributed by atoms with van der Waals surface area (Å²) in [5.41, 5.74) is 1.77. The molecule has 4 unspecified atom stereocenters.